The van der Waals surface area contributed by atoms with Crippen LogP contribution < -0.4 is 5.32 Å². The number of carbonyl (C=O) groups is 2. The monoisotopic (exact) mass is 328 g/mol. The van der Waals surface area contributed by atoms with Crippen LogP contribution in [0.15, 0.2) is 48.0 Å². The highest BCUT2D eigenvalue weighted by Crippen LogP contribution is 2.29. The molecule has 24 heavy (non-hydrogen) atoms. The van der Waals surface area contributed by atoms with Gasteiger partial charge < -0.3 is 19.5 Å². The molecule has 2 heterocycles. The van der Waals surface area contributed by atoms with Crippen LogP contribution in [0.5, 0.6) is 0 Å². The van der Waals surface area contributed by atoms with Crippen molar-refractivity contribution in [2.75, 3.05) is 13.1 Å². The minimum atomic E-state index is -0.943. The molecule has 2 aliphatic heterocycles. The number of hydrogen-bond donors (Lipinski definition) is 1. The first-order chi connectivity index (χ1) is 11.7. The lowest BCUT2D eigenvalue weighted by atomic mass is 10.0. The Morgan fingerprint density at radius 3 is 3.08 bits per heavy atom. The SMILES string of the molecule is C#CCNC(=O)[C@@H]1CN(C2=COC=C(C3=CC=CCC3)O2)C(=O)O1. The number of cyclic esters (lactones) is 1. The van der Waals surface area contributed by atoms with Gasteiger partial charge in [-0.1, -0.05) is 24.1 Å². The molecule has 2 amide bonds. The van der Waals surface area contributed by atoms with Gasteiger partial charge in [0, 0.05) is 0 Å². The predicted molar refractivity (Wildman–Crippen MR) is 83.6 cm³/mol. The summed E-state index contributed by atoms with van der Waals surface area (Å²) in [5.41, 5.74) is 0.971. The molecule has 0 saturated carbocycles. The Kier molecular flexibility index (Phi) is 4.57. The molecule has 0 spiro atoms. The Morgan fingerprint density at radius 1 is 1.46 bits per heavy atom. The van der Waals surface area contributed by atoms with E-state index in [9.17, 15) is 9.59 Å². The number of nitrogens with zero attached hydrogens (tertiary/aromatic N) is 1. The summed E-state index contributed by atoms with van der Waals surface area (Å²) in [6, 6.07) is 0. The second-order valence-electron chi connectivity index (χ2n) is 5.24. The van der Waals surface area contributed by atoms with Gasteiger partial charge in [0.15, 0.2) is 18.1 Å². The molecule has 3 aliphatic rings. The Bertz CT molecular complexity index is 711. The smallest absolute Gasteiger partial charge is 0.417 e. The van der Waals surface area contributed by atoms with E-state index in [4.69, 9.17) is 20.6 Å². The molecule has 0 unspecified atom stereocenters. The molecule has 0 radical (unpaired) electrons. The van der Waals surface area contributed by atoms with Crippen molar-refractivity contribution >= 4 is 12.0 Å². The van der Waals surface area contributed by atoms with Gasteiger partial charge in [-0.25, -0.2) is 9.69 Å². The summed E-state index contributed by atoms with van der Waals surface area (Å²) in [5, 5.41) is 2.48. The fraction of sp³-hybridized carbons (Fsp3) is 0.294. The van der Waals surface area contributed by atoms with Crippen LogP contribution in [0.1, 0.15) is 12.8 Å². The molecule has 7 nitrogen and oxygen atoms in total. The summed E-state index contributed by atoms with van der Waals surface area (Å²) in [6.45, 7) is 0.0976. The van der Waals surface area contributed by atoms with E-state index in [1.807, 2.05) is 12.2 Å². The van der Waals surface area contributed by atoms with Crippen molar-refractivity contribution in [3.8, 4) is 12.3 Å². The van der Waals surface area contributed by atoms with Crippen molar-refractivity contribution in [3.63, 3.8) is 0 Å². The van der Waals surface area contributed by atoms with E-state index in [0.29, 0.717) is 5.76 Å². The second kappa shape index (κ2) is 6.96. The Balaban J connectivity index is 1.64. The molecule has 0 aromatic heterocycles. The van der Waals surface area contributed by atoms with Crippen molar-refractivity contribution in [1.29, 1.82) is 0 Å². The van der Waals surface area contributed by atoms with Crippen LogP contribution in [0.4, 0.5) is 4.79 Å². The van der Waals surface area contributed by atoms with Gasteiger partial charge in [-0.2, -0.15) is 0 Å². The van der Waals surface area contributed by atoms with E-state index in [2.05, 4.69) is 17.3 Å². The molecule has 1 fully saturated rings. The van der Waals surface area contributed by atoms with Crippen molar-refractivity contribution in [2.45, 2.75) is 18.9 Å². The van der Waals surface area contributed by atoms with Crippen molar-refractivity contribution in [1.82, 2.24) is 10.2 Å². The van der Waals surface area contributed by atoms with E-state index in [0.717, 1.165) is 18.4 Å². The highest BCUT2D eigenvalue weighted by molar-refractivity contribution is 5.86. The van der Waals surface area contributed by atoms with Gasteiger partial charge in [-0.05, 0) is 18.4 Å². The first-order valence-corrected chi connectivity index (χ1v) is 7.48. The molecule has 124 valence electrons. The molecule has 1 aliphatic carbocycles. The van der Waals surface area contributed by atoms with Gasteiger partial charge in [0.1, 0.15) is 6.26 Å². The normalized spacial score (nSPS) is 22.3. The zero-order valence-corrected chi connectivity index (χ0v) is 12.9. The molecule has 3 rings (SSSR count). The van der Waals surface area contributed by atoms with Crippen LogP contribution in [-0.2, 0) is 19.0 Å². The van der Waals surface area contributed by atoms with Gasteiger partial charge in [0.25, 0.3) is 5.91 Å². The average Bonchev–Trinajstić information content (AvgIpc) is 3.02. The number of hydrogen-bond acceptors (Lipinski definition) is 5. The number of ether oxygens (including phenoxy) is 3. The van der Waals surface area contributed by atoms with Crippen LogP contribution >= 0.6 is 0 Å². The van der Waals surface area contributed by atoms with Crippen molar-refractivity contribution in [3.05, 3.63) is 48.0 Å². The molecule has 1 N–H and O–H groups in total. The fourth-order valence-electron chi connectivity index (χ4n) is 2.41. The summed E-state index contributed by atoms with van der Waals surface area (Å²) in [6.07, 6.45) is 13.9. The minimum Gasteiger partial charge on any atom is -0.463 e. The van der Waals surface area contributed by atoms with Crippen molar-refractivity contribution in [2.24, 2.45) is 0 Å². The summed E-state index contributed by atoms with van der Waals surface area (Å²) < 4.78 is 16.1. The third-order valence-electron chi connectivity index (χ3n) is 3.62. The first-order valence-electron chi connectivity index (χ1n) is 7.48. The molecule has 0 aromatic rings. The lowest BCUT2D eigenvalue weighted by molar-refractivity contribution is -0.127. The summed E-state index contributed by atoms with van der Waals surface area (Å²) in [5.74, 6) is 2.55. The topological polar surface area (TPSA) is 77.1 Å². The van der Waals surface area contributed by atoms with Crippen molar-refractivity contribution < 1.29 is 23.8 Å². The number of rotatable bonds is 4. The second-order valence-corrected chi connectivity index (χ2v) is 5.24. The number of amides is 2. The maximum Gasteiger partial charge on any atom is 0.417 e. The zero-order chi connectivity index (χ0) is 16.9. The number of carbonyl (C=O) groups excluding carboxylic acids is 2. The van der Waals surface area contributed by atoms with Crippen LogP contribution in [-0.4, -0.2) is 36.1 Å². The lowest BCUT2D eigenvalue weighted by Crippen LogP contribution is -2.37. The third kappa shape index (κ3) is 3.27. The maximum atomic E-state index is 12.0. The quantitative estimate of drug-likeness (QED) is 0.792. The molecular weight excluding hydrogens is 312 g/mol. The fourth-order valence-corrected chi connectivity index (χ4v) is 2.41. The molecular formula is C17H16N2O5. The zero-order valence-electron chi connectivity index (χ0n) is 12.9. The Labute approximate surface area is 139 Å². The maximum absolute atomic E-state index is 12.0. The molecule has 0 bridgehead atoms. The molecule has 1 atom stereocenters. The standard InChI is InChI=1S/C17H16N2O5/c1-2-8-18-16(20)13-9-19(17(21)24-13)15-11-22-10-14(23-15)12-6-4-3-5-7-12/h1,3-4,6,10-11,13H,5,7-9H2,(H,18,20)/t13-/m0/s1. The van der Waals surface area contributed by atoms with Gasteiger partial charge >= 0.3 is 6.09 Å². The van der Waals surface area contributed by atoms with Crippen LogP contribution in [0.3, 0.4) is 0 Å². The summed E-state index contributed by atoms with van der Waals surface area (Å²) >= 11 is 0. The first kappa shape index (κ1) is 15.7. The third-order valence-corrected chi connectivity index (χ3v) is 3.62. The molecule has 0 aromatic carbocycles. The number of allylic oxidation sites excluding steroid dienone is 4. The van der Waals surface area contributed by atoms with Crippen LogP contribution in [0.2, 0.25) is 0 Å². The summed E-state index contributed by atoms with van der Waals surface area (Å²) in [7, 11) is 0. The number of nitrogens with one attached hydrogen (secondary N) is 1. The van der Waals surface area contributed by atoms with E-state index in [1.54, 1.807) is 0 Å². The van der Waals surface area contributed by atoms with E-state index >= 15 is 0 Å². The predicted octanol–water partition coefficient (Wildman–Crippen LogP) is 1.52. The highest BCUT2D eigenvalue weighted by Gasteiger charge is 2.39. The lowest BCUT2D eigenvalue weighted by Gasteiger charge is -2.23. The minimum absolute atomic E-state index is 0.0245. The Morgan fingerprint density at radius 2 is 2.33 bits per heavy atom. The largest absolute Gasteiger partial charge is 0.463 e. The molecule has 7 heteroatoms. The summed E-state index contributed by atoms with van der Waals surface area (Å²) in [4.78, 5) is 25.1. The number of terminal acetylenes is 1. The van der Waals surface area contributed by atoms with Crippen LogP contribution in [0.25, 0.3) is 0 Å². The van der Waals surface area contributed by atoms with Gasteiger partial charge in [0.05, 0.1) is 13.1 Å². The highest BCUT2D eigenvalue weighted by atomic mass is 16.6. The average molecular weight is 328 g/mol. The van der Waals surface area contributed by atoms with E-state index in [-0.39, 0.29) is 19.0 Å². The van der Waals surface area contributed by atoms with E-state index in [1.165, 1.54) is 17.4 Å². The van der Waals surface area contributed by atoms with Crippen LogP contribution in [0, 0.1) is 12.3 Å². The molecule has 1 saturated heterocycles. The van der Waals surface area contributed by atoms with Gasteiger partial charge in [-0.15, -0.1) is 6.42 Å². The Hall–Kier alpha value is -3.14. The van der Waals surface area contributed by atoms with E-state index < -0.39 is 18.1 Å². The van der Waals surface area contributed by atoms with Gasteiger partial charge in [-0.3, -0.25) is 4.79 Å². The van der Waals surface area contributed by atoms with Gasteiger partial charge in [0.2, 0.25) is 5.88 Å².